The summed E-state index contributed by atoms with van der Waals surface area (Å²) in [6.45, 7) is 3.34. The van der Waals surface area contributed by atoms with Gasteiger partial charge in [0.15, 0.2) is 6.61 Å². The summed E-state index contributed by atoms with van der Waals surface area (Å²) < 4.78 is 5.25. The third-order valence-electron chi connectivity index (χ3n) is 5.49. The monoisotopic (exact) mass is 412 g/mol. The Morgan fingerprint density at radius 2 is 1.86 bits per heavy atom. The summed E-state index contributed by atoms with van der Waals surface area (Å²) in [7, 11) is 0. The average Bonchev–Trinajstić information content (AvgIpc) is 3.38. The van der Waals surface area contributed by atoms with Crippen LogP contribution < -0.4 is 10.6 Å². The zero-order valence-electron chi connectivity index (χ0n) is 16.6. The maximum absolute atomic E-state index is 12.6. The molecule has 0 radical (unpaired) electrons. The third-order valence-corrected chi connectivity index (χ3v) is 6.61. The van der Waals surface area contributed by atoms with Gasteiger partial charge in [0.05, 0.1) is 5.56 Å². The summed E-state index contributed by atoms with van der Waals surface area (Å²) in [5, 5.41) is 6.13. The summed E-state index contributed by atoms with van der Waals surface area (Å²) in [6.07, 6.45) is 5.03. The Morgan fingerprint density at radius 3 is 2.62 bits per heavy atom. The maximum atomic E-state index is 12.6. The number of esters is 1. The van der Waals surface area contributed by atoms with Crippen LogP contribution in [-0.4, -0.2) is 24.4 Å². The summed E-state index contributed by atoms with van der Waals surface area (Å²) in [5.41, 5.74) is 4.42. The van der Waals surface area contributed by atoms with Crippen LogP contribution in [0.2, 0.25) is 0 Å². The Kier molecular flexibility index (Phi) is 5.41. The number of nitrogens with one attached hydrogen (secondary N) is 2. The number of hydrogen-bond acceptors (Lipinski definition) is 5. The number of ether oxygens (including phenoxy) is 1. The Morgan fingerprint density at radius 1 is 1.10 bits per heavy atom. The van der Waals surface area contributed by atoms with Crippen LogP contribution in [0.25, 0.3) is 0 Å². The lowest BCUT2D eigenvalue weighted by atomic mass is 10.1. The number of hydrogen-bond donors (Lipinski definition) is 2. The van der Waals surface area contributed by atoms with Crippen molar-refractivity contribution in [3.8, 4) is 0 Å². The molecule has 0 bridgehead atoms. The summed E-state index contributed by atoms with van der Waals surface area (Å²) in [6, 6.07) is 5.90. The molecule has 152 valence electrons. The van der Waals surface area contributed by atoms with Crippen LogP contribution in [0.3, 0.4) is 0 Å². The zero-order valence-corrected chi connectivity index (χ0v) is 17.4. The lowest BCUT2D eigenvalue weighted by molar-refractivity contribution is -0.119. The molecule has 2 aliphatic rings. The van der Waals surface area contributed by atoms with Crippen molar-refractivity contribution < 1.29 is 19.1 Å². The summed E-state index contributed by atoms with van der Waals surface area (Å²) >= 11 is 1.36. The predicted octanol–water partition coefficient (Wildman–Crippen LogP) is 4.00. The van der Waals surface area contributed by atoms with Gasteiger partial charge in [0.25, 0.3) is 5.91 Å². The van der Waals surface area contributed by atoms with E-state index in [0.29, 0.717) is 16.3 Å². The molecule has 1 aromatic carbocycles. The quantitative estimate of drug-likeness (QED) is 0.703. The van der Waals surface area contributed by atoms with Crippen molar-refractivity contribution in [3.05, 3.63) is 45.3 Å². The molecule has 4 rings (SSSR count). The Balaban J connectivity index is 1.37. The van der Waals surface area contributed by atoms with Gasteiger partial charge in [-0.1, -0.05) is 6.07 Å². The Hall–Kier alpha value is -2.67. The first-order valence-electron chi connectivity index (χ1n) is 9.92. The number of fused-ring (bicyclic) bond motifs is 1. The fourth-order valence-corrected chi connectivity index (χ4v) is 4.62. The van der Waals surface area contributed by atoms with E-state index in [4.69, 9.17) is 4.74 Å². The molecular formula is C22H24N2O4S. The van der Waals surface area contributed by atoms with Crippen molar-refractivity contribution in [2.24, 2.45) is 5.92 Å². The van der Waals surface area contributed by atoms with Crippen molar-refractivity contribution >= 4 is 39.8 Å². The lowest BCUT2D eigenvalue weighted by Crippen LogP contribution is -2.22. The molecular weight excluding hydrogens is 388 g/mol. The molecule has 2 N–H and O–H groups in total. The molecule has 2 amide bonds. The minimum Gasteiger partial charge on any atom is -0.452 e. The molecule has 1 saturated carbocycles. The number of rotatable bonds is 6. The lowest BCUT2D eigenvalue weighted by Gasteiger charge is -2.10. The molecule has 7 heteroatoms. The van der Waals surface area contributed by atoms with Gasteiger partial charge in [0.1, 0.15) is 5.00 Å². The molecule has 0 atom stereocenters. The highest BCUT2D eigenvalue weighted by Crippen LogP contribution is 2.36. The number of benzene rings is 1. The number of carbonyl (C=O) groups is 3. The van der Waals surface area contributed by atoms with Crippen molar-refractivity contribution in [1.29, 1.82) is 0 Å². The highest BCUT2D eigenvalue weighted by atomic mass is 32.1. The van der Waals surface area contributed by atoms with E-state index in [2.05, 4.69) is 10.6 Å². The topological polar surface area (TPSA) is 84.5 Å². The summed E-state index contributed by atoms with van der Waals surface area (Å²) in [5.74, 6) is -0.999. The van der Waals surface area contributed by atoms with Crippen LogP contribution in [0.1, 0.15) is 51.2 Å². The van der Waals surface area contributed by atoms with Gasteiger partial charge in [-0.3, -0.25) is 9.59 Å². The normalized spacial score (nSPS) is 15.0. The van der Waals surface area contributed by atoms with Crippen LogP contribution in [0.4, 0.5) is 10.7 Å². The molecule has 6 nitrogen and oxygen atoms in total. The molecule has 1 fully saturated rings. The maximum Gasteiger partial charge on any atom is 0.341 e. The highest BCUT2D eigenvalue weighted by molar-refractivity contribution is 7.16. The van der Waals surface area contributed by atoms with Gasteiger partial charge in [-0.15, -0.1) is 11.3 Å². The van der Waals surface area contributed by atoms with E-state index in [-0.39, 0.29) is 24.3 Å². The molecule has 1 aromatic heterocycles. The molecule has 0 aliphatic heterocycles. The van der Waals surface area contributed by atoms with Crippen molar-refractivity contribution in [1.82, 2.24) is 0 Å². The van der Waals surface area contributed by atoms with Crippen molar-refractivity contribution in [2.75, 3.05) is 17.2 Å². The van der Waals surface area contributed by atoms with E-state index in [1.165, 1.54) is 22.5 Å². The van der Waals surface area contributed by atoms with Crippen molar-refractivity contribution in [3.63, 3.8) is 0 Å². The van der Waals surface area contributed by atoms with E-state index in [9.17, 15) is 14.4 Å². The molecule has 2 aromatic rings. The van der Waals surface area contributed by atoms with Crippen LogP contribution in [-0.2, 0) is 27.2 Å². The van der Waals surface area contributed by atoms with Gasteiger partial charge in [0, 0.05) is 16.5 Å². The van der Waals surface area contributed by atoms with Gasteiger partial charge in [-0.2, -0.15) is 0 Å². The van der Waals surface area contributed by atoms with Crippen LogP contribution >= 0.6 is 11.3 Å². The molecule has 1 heterocycles. The number of amides is 2. The largest absolute Gasteiger partial charge is 0.452 e. The highest BCUT2D eigenvalue weighted by Gasteiger charge is 2.31. The van der Waals surface area contributed by atoms with Crippen molar-refractivity contribution in [2.45, 2.75) is 46.0 Å². The van der Waals surface area contributed by atoms with Crippen LogP contribution in [0.15, 0.2) is 18.2 Å². The van der Waals surface area contributed by atoms with E-state index in [1.807, 2.05) is 32.0 Å². The van der Waals surface area contributed by atoms with Gasteiger partial charge in [-0.25, -0.2) is 4.79 Å². The SMILES string of the molecule is Cc1sc(NC(=O)C2CC2)c(C(=O)OCC(=O)Nc2ccc3c(c2)CCC3)c1C. The standard InChI is InChI=1S/C22H24N2O4S/c1-12-13(2)29-21(24-20(26)15-6-7-15)19(12)22(27)28-11-18(25)23-17-9-8-14-4-3-5-16(14)10-17/h8-10,15H,3-7,11H2,1-2H3,(H,23,25)(H,24,26). The van der Waals surface area contributed by atoms with Gasteiger partial charge < -0.3 is 15.4 Å². The number of aryl methyl sites for hydroxylation is 3. The zero-order chi connectivity index (χ0) is 20.5. The minimum absolute atomic E-state index is 0.0414. The number of anilines is 2. The molecule has 0 saturated heterocycles. The van der Waals surface area contributed by atoms with Gasteiger partial charge in [0.2, 0.25) is 5.91 Å². The Bertz CT molecular complexity index is 991. The van der Waals surface area contributed by atoms with Gasteiger partial charge in [-0.05, 0) is 74.8 Å². The second-order valence-corrected chi connectivity index (χ2v) is 8.94. The first kappa shape index (κ1) is 19.6. The van der Waals surface area contributed by atoms with Gasteiger partial charge >= 0.3 is 5.97 Å². The van der Waals surface area contributed by atoms with E-state index in [0.717, 1.165) is 42.5 Å². The van der Waals surface area contributed by atoms with E-state index >= 15 is 0 Å². The minimum atomic E-state index is -0.595. The fraction of sp³-hybridized carbons (Fsp3) is 0.409. The second-order valence-electron chi connectivity index (χ2n) is 7.71. The van der Waals surface area contributed by atoms with E-state index in [1.54, 1.807) is 0 Å². The predicted molar refractivity (Wildman–Crippen MR) is 113 cm³/mol. The summed E-state index contributed by atoms with van der Waals surface area (Å²) in [4.78, 5) is 37.9. The van der Waals surface area contributed by atoms with Crippen LogP contribution in [0.5, 0.6) is 0 Å². The number of carbonyl (C=O) groups excluding carboxylic acids is 3. The van der Waals surface area contributed by atoms with Crippen LogP contribution in [0, 0.1) is 19.8 Å². The second kappa shape index (κ2) is 7.99. The first-order chi connectivity index (χ1) is 13.9. The molecule has 29 heavy (non-hydrogen) atoms. The average molecular weight is 413 g/mol. The van der Waals surface area contributed by atoms with E-state index < -0.39 is 5.97 Å². The molecule has 0 unspecified atom stereocenters. The fourth-order valence-electron chi connectivity index (χ4n) is 3.57. The third kappa shape index (κ3) is 4.34. The molecule has 0 spiro atoms. The number of thiophene rings is 1. The molecule has 2 aliphatic carbocycles. The smallest absolute Gasteiger partial charge is 0.341 e. The Labute approximate surface area is 173 Å². The first-order valence-corrected chi connectivity index (χ1v) is 10.7.